The summed E-state index contributed by atoms with van der Waals surface area (Å²) in [6.07, 6.45) is 0. The van der Waals surface area contributed by atoms with Crippen molar-refractivity contribution >= 4 is 38.9 Å². The molecule has 0 spiro atoms. The molecule has 1 aliphatic heterocycles. The van der Waals surface area contributed by atoms with Gasteiger partial charge in [-0.25, -0.2) is 8.42 Å². The molecule has 0 amide bonds. The van der Waals surface area contributed by atoms with Crippen LogP contribution < -0.4 is 10.6 Å². The maximum Gasteiger partial charge on any atom is 0.171 e. The van der Waals surface area contributed by atoms with E-state index in [0.29, 0.717) is 23.9 Å². The molecule has 7 heteroatoms. The van der Waals surface area contributed by atoms with Crippen molar-refractivity contribution in [3.05, 3.63) is 28.8 Å². The van der Waals surface area contributed by atoms with Gasteiger partial charge in [-0.3, -0.25) is 0 Å². The first-order valence-electron chi connectivity index (χ1n) is 6.54. The number of hydrogen-bond donors (Lipinski definition) is 1. The topological polar surface area (TPSA) is 63.4 Å². The van der Waals surface area contributed by atoms with Crippen LogP contribution in [0.4, 0.5) is 5.69 Å². The van der Waals surface area contributed by atoms with Crippen molar-refractivity contribution in [2.24, 2.45) is 5.73 Å². The highest BCUT2D eigenvalue weighted by Crippen LogP contribution is 2.30. The molecule has 112 valence electrons. The average molecular weight is 335 g/mol. The number of sulfone groups is 1. The van der Waals surface area contributed by atoms with Crippen LogP contribution in [0.5, 0.6) is 0 Å². The third-order valence-electron chi connectivity index (χ3n) is 3.49. The van der Waals surface area contributed by atoms with Crippen LogP contribution in [-0.4, -0.2) is 37.6 Å². The molecule has 1 saturated heterocycles. The zero-order valence-corrected chi connectivity index (χ0v) is 13.8. The second-order valence-corrected chi connectivity index (χ2v) is 8.66. The third kappa shape index (κ3) is 3.24. The second-order valence-electron chi connectivity index (χ2n) is 4.65. The van der Waals surface area contributed by atoms with E-state index in [1.54, 1.807) is 18.7 Å². The van der Waals surface area contributed by atoms with Crippen LogP contribution in [0.15, 0.2) is 18.2 Å². The van der Waals surface area contributed by atoms with Crippen LogP contribution in [-0.2, 0) is 16.4 Å². The fourth-order valence-corrected chi connectivity index (χ4v) is 5.49. The molecule has 4 nitrogen and oxygen atoms in total. The van der Waals surface area contributed by atoms with Crippen molar-refractivity contribution in [2.45, 2.75) is 18.8 Å². The second kappa shape index (κ2) is 6.56. The van der Waals surface area contributed by atoms with Crippen molar-refractivity contribution in [3.63, 3.8) is 0 Å². The lowest BCUT2D eigenvalue weighted by Crippen LogP contribution is -2.48. The van der Waals surface area contributed by atoms with Crippen LogP contribution in [0.2, 0.25) is 5.02 Å². The molecule has 1 aromatic rings. The molecule has 1 heterocycles. The summed E-state index contributed by atoms with van der Waals surface area (Å²) >= 11 is 7.86. The molecule has 0 saturated carbocycles. The van der Waals surface area contributed by atoms with Crippen LogP contribution >= 0.6 is 23.4 Å². The Bertz CT molecular complexity index is 578. The van der Waals surface area contributed by atoms with Gasteiger partial charge in [0.2, 0.25) is 0 Å². The summed E-state index contributed by atoms with van der Waals surface area (Å²) in [4.78, 5) is 1.95. The van der Waals surface area contributed by atoms with Crippen molar-refractivity contribution in [3.8, 4) is 0 Å². The molecule has 1 fully saturated rings. The summed E-state index contributed by atoms with van der Waals surface area (Å²) in [5, 5.41) is 0.127. The van der Waals surface area contributed by atoms with Crippen molar-refractivity contribution < 1.29 is 8.42 Å². The van der Waals surface area contributed by atoms with E-state index >= 15 is 0 Å². The van der Waals surface area contributed by atoms with E-state index in [2.05, 4.69) is 0 Å². The van der Waals surface area contributed by atoms with E-state index in [-0.39, 0.29) is 5.75 Å². The fraction of sp³-hybridized carbons (Fsp3) is 0.538. The summed E-state index contributed by atoms with van der Waals surface area (Å²) < 4.78 is 24.5. The van der Waals surface area contributed by atoms with Gasteiger partial charge in [-0.15, -0.1) is 0 Å². The minimum atomic E-state index is -3.11. The van der Waals surface area contributed by atoms with Gasteiger partial charge < -0.3 is 10.6 Å². The monoisotopic (exact) mass is 334 g/mol. The van der Waals surface area contributed by atoms with Gasteiger partial charge in [-0.1, -0.05) is 24.6 Å². The highest BCUT2D eigenvalue weighted by Gasteiger charge is 2.33. The van der Waals surface area contributed by atoms with Gasteiger partial charge in [0.05, 0.1) is 0 Å². The van der Waals surface area contributed by atoms with Crippen molar-refractivity contribution in [1.29, 1.82) is 0 Å². The van der Waals surface area contributed by atoms with E-state index in [1.807, 2.05) is 23.1 Å². The largest absolute Gasteiger partial charge is 0.353 e. The number of anilines is 1. The molecule has 2 rings (SSSR count). The molecule has 20 heavy (non-hydrogen) atoms. The fourth-order valence-electron chi connectivity index (χ4n) is 2.25. The van der Waals surface area contributed by atoms with Gasteiger partial charge in [0.25, 0.3) is 0 Å². The lowest BCUT2D eigenvalue weighted by molar-refractivity contribution is 0.579. The van der Waals surface area contributed by atoms with Crippen LogP contribution in [0, 0.1) is 0 Å². The highest BCUT2D eigenvalue weighted by molar-refractivity contribution is 8.01. The predicted molar refractivity (Wildman–Crippen MR) is 87.3 cm³/mol. The van der Waals surface area contributed by atoms with E-state index in [4.69, 9.17) is 17.3 Å². The Hall–Kier alpha value is -0.430. The minimum absolute atomic E-state index is 0.156. The smallest absolute Gasteiger partial charge is 0.171 e. The Kier molecular flexibility index (Phi) is 5.23. The molecule has 0 radical (unpaired) electrons. The number of nitrogens with zero attached hydrogens (tertiary/aromatic N) is 1. The first-order valence-corrected chi connectivity index (χ1v) is 9.79. The number of hydrogen-bond acceptors (Lipinski definition) is 5. The van der Waals surface area contributed by atoms with Crippen molar-refractivity contribution in [1.82, 2.24) is 0 Å². The van der Waals surface area contributed by atoms with E-state index in [0.717, 1.165) is 17.0 Å². The maximum absolute atomic E-state index is 12.2. The molecule has 1 aromatic carbocycles. The van der Waals surface area contributed by atoms with E-state index < -0.39 is 15.2 Å². The number of rotatable bonds is 4. The van der Waals surface area contributed by atoms with Gasteiger partial charge >= 0.3 is 0 Å². The quantitative estimate of drug-likeness (QED) is 0.913. The van der Waals surface area contributed by atoms with Crippen LogP contribution in [0.1, 0.15) is 12.5 Å². The zero-order valence-electron chi connectivity index (χ0n) is 11.4. The molecule has 0 aliphatic carbocycles. The number of benzene rings is 1. The maximum atomic E-state index is 12.2. The Morgan fingerprint density at radius 2 is 2.25 bits per heavy atom. The van der Waals surface area contributed by atoms with E-state index in [9.17, 15) is 8.42 Å². The van der Waals surface area contributed by atoms with Crippen molar-refractivity contribution in [2.75, 3.05) is 28.7 Å². The number of thioether (sulfide) groups is 1. The molecule has 1 unspecified atom stereocenters. The summed E-state index contributed by atoms with van der Waals surface area (Å²) in [5.74, 6) is 1.68. The Morgan fingerprint density at radius 1 is 1.50 bits per heavy atom. The number of halogens is 1. The van der Waals surface area contributed by atoms with E-state index in [1.165, 1.54) is 0 Å². The molecule has 0 bridgehead atoms. The molecule has 0 aromatic heterocycles. The SMILES string of the molecule is CCS(=O)(=O)C1CSCCN1c1ccc(CN)c(Cl)c1. The molecule has 1 atom stereocenters. The van der Waals surface area contributed by atoms with Gasteiger partial charge in [0.1, 0.15) is 5.37 Å². The average Bonchev–Trinajstić information content (AvgIpc) is 2.47. The summed E-state index contributed by atoms with van der Waals surface area (Å²) in [7, 11) is -3.11. The Morgan fingerprint density at radius 3 is 2.85 bits per heavy atom. The van der Waals surface area contributed by atoms with Gasteiger partial charge in [-0.05, 0) is 17.7 Å². The standard InChI is InChI=1S/C13H19ClN2O2S2/c1-2-20(17,18)13-9-19-6-5-16(13)11-4-3-10(8-15)12(14)7-11/h3-4,7,13H,2,5-6,8-9,15H2,1H3. The Balaban J connectivity index is 2.35. The molecular formula is C13H19ClN2O2S2. The van der Waals surface area contributed by atoms with Gasteiger partial charge in [0, 0.05) is 41.1 Å². The predicted octanol–water partition coefficient (Wildman–Crippen LogP) is 2.11. The normalized spacial score (nSPS) is 20.1. The first-order chi connectivity index (χ1) is 9.49. The minimum Gasteiger partial charge on any atom is -0.353 e. The van der Waals surface area contributed by atoms with Gasteiger partial charge in [-0.2, -0.15) is 11.8 Å². The summed E-state index contributed by atoms with van der Waals surface area (Å²) in [6, 6.07) is 5.59. The van der Waals surface area contributed by atoms with Crippen LogP contribution in [0.25, 0.3) is 0 Å². The highest BCUT2D eigenvalue weighted by atomic mass is 35.5. The molecule has 2 N–H and O–H groups in total. The lowest BCUT2D eigenvalue weighted by Gasteiger charge is -2.36. The zero-order chi connectivity index (χ0) is 14.8. The number of nitrogens with two attached hydrogens (primary N) is 1. The molecular weight excluding hydrogens is 316 g/mol. The Labute approximate surface area is 129 Å². The summed E-state index contributed by atoms with van der Waals surface area (Å²) in [6.45, 7) is 2.79. The van der Waals surface area contributed by atoms with Gasteiger partial charge in [0.15, 0.2) is 9.84 Å². The lowest BCUT2D eigenvalue weighted by atomic mass is 10.2. The molecule has 1 aliphatic rings. The summed E-state index contributed by atoms with van der Waals surface area (Å²) in [5.41, 5.74) is 7.33. The van der Waals surface area contributed by atoms with Crippen LogP contribution in [0.3, 0.4) is 0 Å². The first kappa shape index (κ1) is 15.9. The third-order valence-corrected chi connectivity index (χ3v) is 7.13.